The summed E-state index contributed by atoms with van der Waals surface area (Å²) >= 11 is 10.0. The topological polar surface area (TPSA) is 36.4 Å². The van der Waals surface area contributed by atoms with Gasteiger partial charge < -0.3 is 5.32 Å². The Labute approximate surface area is 107 Å². The van der Waals surface area contributed by atoms with Crippen LogP contribution in [0, 0.1) is 0 Å². The van der Waals surface area contributed by atoms with Crippen LogP contribution in [0.2, 0.25) is 0 Å². The molecule has 1 aromatic heterocycles. The van der Waals surface area contributed by atoms with Gasteiger partial charge in [0.05, 0.1) is 14.4 Å². The van der Waals surface area contributed by atoms with E-state index in [0.717, 1.165) is 20.9 Å². The van der Waals surface area contributed by atoms with Crippen molar-refractivity contribution in [2.75, 3.05) is 6.54 Å². The van der Waals surface area contributed by atoms with Gasteiger partial charge in [-0.3, -0.25) is 5.43 Å². The maximum atomic E-state index is 4.99. The number of nitrogens with zero attached hydrogens (tertiary/aromatic N) is 1. The largest absolute Gasteiger partial charge is 0.362 e. The first-order chi connectivity index (χ1) is 7.13. The van der Waals surface area contributed by atoms with Gasteiger partial charge in [0.2, 0.25) is 0 Å². The van der Waals surface area contributed by atoms with Crippen molar-refractivity contribution in [2.45, 2.75) is 13.8 Å². The summed E-state index contributed by atoms with van der Waals surface area (Å²) < 4.78 is 1.10. The maximum Gasteiger partial charge on any atom is 0.186 e. The third kappa shape index (κ3) is 4.27. The molecule has 0 saturated carbocycles. The van der Waals surface area contributed by atoms with Crippen LogP contribution in [0.5, 0.6) is 0 Å². The molecular formula is C9H12BrN3S2. The van der Waals surface area contributed by atoms with Crippen LogP contribution in [0.3, 0.4) is 0 Å². The van der Waals surface area contributed by atoms with Gasteiger partial charge >= 0.3 is 0 Å². The fourth-order valence-corrected chi connectivity index (χ4v) is 2.42. The van der Waals surface area contributed by atoms with Crippen LogP contribution >= 0.6 is 39.5 Å². The normalized spacial score (nSPS) is 11.3. The summed E-state index contributed by atoms with van der Waals surface area (Å²) in [7, 11) is 0. The van der Waals surface area contributed by atoms with Crippen molar-refractivity contribution in [3.63, 3.8) is 0 Å². The summed E-state index contributed by atoms with van der Waals surface area (Å²) in [5, 5.41) is 7.69. The SMILES string of the molecule is CCNC(=S)N/N=C(/C)c1ccc(Br)s1. The lowest BCUT2D eigenvalue weighted by atomic mass is 10.3. The van der Waals surface area contributed by atoms with Crippen LogP contribution in [0.15, 0.2) is 21.0 Å². The van der Waals surface area contributed by atoms with Crippen LogP contribution in [0.4, 0.5) is 0 Å². The Morgan fingerprint density at radius 3 is 2.87 bits per heavy atom. The van der Waals surface area contributed by atoms with E-state index in [4.69, 9.17) is 12.2 Å². The predicted molar refractivity (Wildman–Crippen MR) is 73.6 cm³/mol. The van der Waals surface area contributed by atoms with E-state index in [0.29, 0.717) is 5.11 Å². The van der Waals surface area contributed by atoms with Gasteiger partial charge in [-0.25, -0.2) is 0 Å². The highest BCUT2D eigenvalue weighted by Crippen LogP contribution is 2.22. The summed E-state index contributed by atoms with van der Waals surface area (Å²) in [6.45, 7) is 4.73. The molecule has 0 atom stereocenters. The molecule has 15 heavy (non-hydrogen) atoms. The Balaban J connectivity index is 2.56. The van der Waals surface area contributed by atoms with E-state index in [9.17, 15) is 0 Å². The quantitative estimate of drug-likeness (QED) is 0.512. The molecule has 0 amide bonds. The zero-order valence-electron chi connectivity index (χ0n) is 8.50. The first kappa shape index (κ1) is 12.6. The number of thiophene rings is 1. The lowest BCUT2D eigenvalue weighted by Gasteiger charge is -2.04. The van der Waals surface area contributed by atoms with Crippen molar-refractivity contribution in [3.8, 4) is 0 Å². The van der Waals surface area contributed by atoms with Crippen LogP contribution in [-0.4, -0.2) is 17.4 Å². The van der Waals surface area contributed by atoms with Gasteiger partial charge in [0.15, 0.2) is 5.11 Å². The van der Waals surface area contributed by atoms with E-state index >= 15 is 0 Å². The molecule has 0 fully saturated rings. The fraction of sp³-hybridized carbons (Fsp3) is 0.333. The fourth-order valence-electron chi connectivity index (χ4n) is 0.899. The summed E-state index contributed by atoms with van der Waals surface area (Å²) in [5.41, 5.74) is 3.71. The standard InChI is InChI=1S/C9H12BrN3S2/c1-3-11-9(14)13-12-6(2)7-4-5-8(10)15-7/h4-5H,3H2,1-2H3,(H2,11,13,14)/b12-6-. The minimum atomic E-state index is 0.549. The molecule has 3 nitrogen and oxygen atoms in total. The Hall–Kier alpha value is -0.460. The molecule has 0 aliphatic heterocycles. The number of hydrogen-bond acceptors (Lipinski definition) is 3. The van der Waals surface area contributed by atoms with E-state index in [1.807, 2.05) is 26.0 Å². The number of hydrogen-bond donors (Lipinski definition) is 2. The molecule has 0 spiro atoms. The van der Waals surface area contributed by atoms with Crippen molar-refractivity contribution >= 4 is 50.3 Å². The van der Waals surface area contributed by atoms with Crippen LogP contribution in [0.25, 0.3) is 0 Å². The van der Waals surface area contributed by atoms with Gasteiger partial charge in [0.1, 0.15) is 0 Å². The van der Waals surface area contributed by atoms with Crippen LogP contribution in [-0.2, 0) is 0 Å². The Kier molecular flexibility index (Phi) is 5.21. The van der Waals surface area contributed by atoms with Gasteiger partial charge in [-0.1, -0.05) is 0 Å². The predicted octanol–water partition coefficient (Wildman–Crippen LogP) is 2.72. The summed E-state index contributed by atoms with van der Waals surface area (Å²) in [6.07, 6.45) is 0. The van der Waals surface area contributed by atoms with E-state index < -0.39 is 0 Å². The lowest BCUT2D eigenvalue weighted by Crippen LogP contribution is -2.32. The number of hydrazone groups is 1. The molecule has 0 aliphatic rings. The Morgan fingerprint density at radius 2 is 2.33 bits per heavy atom. The third-order valence-corrected chi connectivity index (χ3v) is 3.56. The van der Waals surface area contributed by atoms with E-state index in [1.54, 1.807) is 11.3 Å². The zero-order chi connectivity index (χ0) is 11.3. The van der Waals surface area contributed by atoms with Gasteiger partial charge in [-0.2, -0.15) is 5.10 Å². The Morgan fingerprint density at radius 1 is 1.60 bits per heavy atom. The highest BCUT2D eigenvalue weighted by atomic mass is 79.9. The molecule has 0 bridgehead atoms. The molecule has 0 aromatic carbocycles. The molecule has 2 N–H and O–H groups in total. The molecule has 0 radical (unpaired) electrons. The smallest absolute Gasteiger partial charge is 0.186 e. The molecule has 1 rings (SSSR count). The van der Waals surface area contributed by atoms with E-state index in [2.05, 4.69) is 31.8 Å². The average molecular weight is 306 g/mol. The number of thiocarbonyl (C=S) groups is 1. The molecule has 6 heteroatoms. The van der Waals surface area contributed by atoms with Gasteiger partial charge in [-0.05, 0) is 54.1 Å². The lowest BCUT2D eigenvalue weighted by molar-refractivity contribution is 0.901. The molecule has 1 aromatic rings. The van der Waals surface area contributed by atoms with Gasteiger partial charge in [-0.15, -0.1) is 11.3 Å². The molecule has 0 unspecified atom stereocenters. The zero-order valence-corrected chi connectivity index (χ0v) is 11.7. The molecule has 82 valence electrons. The van der Waals surface area contributed by atoms with Crippen molar-refractivity contribution in [3.05, 3.63) is 20.8 Å². The summed E-state index contributed by atoms with van der Waals surface area (Å²) in [5.74, 6) is 0. The minimum absolute atomic E-state index is 0.549. The second-order valence-corrected chi connectivity index (χ2v) is 5.64. The minimum Gasteiger partial charge on any atom is -0.362 e. The highest BCUT2D eigenvalue weighted by molar-refractivity contribution is 9.11. The van der Waals surface area contributed by atoms with Gasteiger partial charge in [0.25, 0.3) is 0 Å². The second kappa shape index (κ2) is 6.19. The molecule has 0 saturated heterocycles. The van der Waals surface area contributed by atoms with Crippen molar-refractivity contribution in [1.29, 1.82) is 0 Å². The first-order valence-corrected chi connectivity index (χ1v) is 6.49. The maximum absolute atomic E-state index is 4.99. The summed E-state index contributed by atoms with van der Waals surface area (Å²) in [4.78, 5) is 1.12. The highest BCUT2D eigenvalue weighted by Gasteiger charge is 2.01. The molecule has 1 heterocycles. The van der Waals surface area contributed by atoms with Gasteiger partial charge in [0, 0.05) is 6.54 Å². The number of nitrogens with one attached hydrogen (secondary N) is 2. The van der Waals surface area contributed by atoms with E-state index in [1.165, 1.54) is 0 Å². The summed E-state index contributed by atoms with van der Waals surface area (Å²) in [6, 6.07) is 4.02. The van der Waals surface area contributed by atoms with E-state index in [-0.39, 0.29) is 0 Å². The first-order valence-electron chi connectivity index (χ1n) is 4.47. The average Bonchev–Trinajstić information content (AvgIpc) is 2.62. The molecule has 0 aliphatic carbocycles. The van der Waals surface area contributed by atoms with Crippen molar-refractivity contribution in [1.82, 2.24) is 10.7 Å². The third-order valence-electron chi connectivity index (χ3n) is 1.59. The second-order valence-electron chi connectivity index (χ2n) is 2.77. The number of halogens is 1. The monoisotopic (exact) mass is 305 g/mol. The van der Waals surface area contributed by atoms with Crippen molar-refractivity contribution < 1.29 is 0 Å². The Bertz CT molecular complexity index is 373. The van der Waals surface area contributed by atoms with Crippen molar-refractivity contribution in [2.24, 2.45) is 5.10 Å². The van der Waals surface area contributed by atoms with Crippen LogP contribution in [0.1, 0.15) is 18.7 Å². The van der Waals surface area contributed by atoms with Crippen LogP contribution < -0.4 is 10.7 Å². The number of rotatable bonds is 3. The molecular weight excluding hydrogens is 294 g/mol.